The summed E-state index contributed by atoms with van der Waals surface area (Å²) in [6.07, 6.45) is 2.10. The third kappa shape index (κ3) is 2.63. The first-order valence-electron chi connectivity index (χ1n) is 8.67. The Hall–Kier alpha value is -2.25. The van der Waals surface area contributed by atoms with Crippen LogP contribution in [0.1, 0.15) is 25.6 Å². The monoisotopic (exact) mass is 341 g/mol. The summed E-state index contributed by atoms with van der Waals surface area (Å²) in [4.78, 5) is 14.8. The molecule has 3 heterocycles. The number of hydrogen-bond acceptors (Lipinski definition) is 5. The molecule has 132 valence electrons. The second-order valence-electron chi connectivity index (χ2n) is 7.42. The van der Waals surface area contributed by atoms with E-state index in [4.69, 9.17) is 0 Å². The molecule has 25 heavy (non-hydrogen) atoms. The lowest BCUT2D eigenvalue weighted by atomic mass is 9.83. The van der Waals surface area contributed by atoms with Crippen molar-refractivity contribution in [3.05, 3.63) is 40.4 Å². The second kappa shape index (κ2) is 5.93. The zero-order valence-corrected chi connectivity index (χ0v) is 14.6. The van der Waals surface area contributed by atoms with Crippen molar-refractivity contribution in [2.24, 2.45) is 12.5 Å². The van der Waals surface area contributed by atoms with Gasteiger partial charge in [0.1, 0.15) is 0 Å². The number of rotatable bonds is 3. The molecule has 3 aromatic rings. The predicted octanol–water partition coefficient (Wildman–Crippen LogP) is 1.18. The molecule has 1 aliphatic heterocycles. The van der Waals surface area contributed by atoms with Crippen LogP contribution in [0.2, 0.25) is 0 Å². The van der Waals surface area contributed by atoms with E-state index >= 15 is 0 Å². The maximum atomic E-state index is 12.5. The largest absolute Gasteiger partial charge is 0.396 e. The molecule has 0 bridgehead atoms. The van der Waals surface area contributed by atoms with Crippen molar-refractivity contribution in [3.63, 3.8) is 0 Å². The molecule has 1 atom stereocenters. The van der Waals surface area contributed by atoms with Crippen molar-refractivity contribution >= 4 is 16.7 Å². The molecule has 1 N–H and O–H groups in total. The normalized spacial score (nSPS) is 22.0. The molecule has 1 saturated heterocycles. The average Bonchev–Trinajstić information content (AvgIpc) is 3.04. The fourth-order valence-corrected chi connectivity index (χ4v) is 3.89. The van der Waals surface area contributed by atoms with Crippen LogP contribution in [0.3, 0.4) is 0 Å². The van der Waals surface area contributed by atoms with Gasteiger partial charge in [0, 0.05) is 25.6 Å². The summed E-state index contributed by atoms with van der Waals surface area (Å²) in [5.74, 6) is 1.38. The summed E-state index contributed by atoms with van der Waals surface area (Å²) < 4.78 is 3.52. The molecule has 7 nitrogen and oxygen atoms in total. The Kier molecular flexibility index (Phi) is 3.85. The van der Waals surface area contributed by atoms with Crippen LogP contribution in [-0.2, 0) is 13.6 Å². The Bertz CT molecular complexity index is 992. The topological polar surface area (TPSA) is 75.7 Å². The van der Waals surface area contributed by atoms with Gasteiger partial charge in [-0.25, -0.2) is 0 Å². The van der Waals surface area contributed by atoms with Gasteiger partial charge in [-0.3, -0.25) is 18.7 Å². The van der Waals surface area contributed by atoms with Gasteiger partial charge in [0.05, 0.1) is 17.4 Å². The first-order chi connectivity index (χ1) is 12.0. The van der Waals surface area contributed by atoms with Crippen LogP contribution in [0.25, 0.3) is 16.7 Å². The standard InChI is InChI=1S/C18H23N5O2/c1-18(12-24)8-5-9-22(11-18)10-15-19-20-17-21(2)16(25)13-6-3-4-7-14(13)23(15)17/h3-4,6-7,24H,5,8-12H2,1-2H3. The van der Waals surface area contributed by atoms with E-state index in [0.717, 1.165) is 37.3 Å². The highest BCUT2D eigenvalue weighted by atomic mass is 16.3. The minimum atomic E-state index is -0.0621. The SMILES string of the molecule is Cn1c(=O)c2ccccc2n2c(CN3CCCC(C)(CO)C3)nnc12. The van der Waals surface area contributed by atoms with Gasteiger partial charge in [0.15, 0.2) is 5.82 Å². The highest BCUT2D eigenvalue weighted by Gasteiger charge is 2.31. The van der Waals surface area contributed by atoms with Gasteiger partial charge < -0.3 is 5.11 Å². The highest BCUT2D eigenvalue weighted by Crippen LogP contribution is 2.29. The smallest absolute Gasteiger partial charge is 0.262 e. The third-order valence-corrected chi connectivity index (χ3v) is 5.30. The Morgan fingerprint density at radius 1 is 1.28 bits per heavy atom. The third-order valence-electron chi connectivity index (χ3n) is 5.30. The number of aliphatic hydroxyl groups is 1. The molecule has 1 aromatic carbocycles. The highest BCUT2D eigenvalue weighted by molar-refractivity contribution is 5.80. The maximum Gasteiger partial charge on any atom is 0.262 e. The van der Waals surface area contributed by atoms with E-state index in [9.17, 15) is 9.90 Å². The lowest BCUT2D eigenvalue weighted by Gasteiger charge is -2.39. The van der Waals surface area contributed by atoms with Gasteiger partial charge in [-0.1, -0.05) is 19.1 Å². The number of aliphatic hydroxyl groups excluding tert-OH is 1. The number of aromatic nitrogens is 4. The maximum absolute atomic E-state index is 12.5. The lowest BCUT2D eigenvalue weighted by Crippen LogP contribution is -2.43. The molecule has 0 saturated carbocycles. The summed E-state index contributed by atoms with van der Waals surface area (Å²) in [6.45, 7) is 4.79. The fraction of sp³-hybridized carbons (Fsp3) is 0.500. The fourth-order valence-electron chi connectivity index (χ4n) is 3.89. The number of likely N-dealkylation sites (tertiary alicyclic amines) is 1. The summed E-state index contributed by atoms with van der Waals surface area (Å²) in [5.41, 5.74) is 0.712. The number of piperidine rings is 1. The number of nitrogens with zero attached hydrogens (tertiary/aromatic N) is 5. The molecular weight excluding hydrogens is 318 g/mol. The summed E-state index contributed by atoms with van der Waals surface area (Å²) in [5, 5.41) is 19.0. The predicted molar refractivity (Wildman–Crippen MR) is 95.4 cm³/mol. The molecule has 7 heteroatoms. The van der Waals surface area contributed by atoms with Crippen LogP contribution in [0.15, 0.2) is 29.1 Å². The van der Waals surface area contributed by atoms with Gasteiger partial charge in [-0.15, -0.1) is 10.2 Å². The van der Waals surface area contributed by atoms with E-state index in [-0.39, 0.29) is 17.6 Å². The van der Waals surface area contributed by atoms with Crippen LogP contribution in [0.5, 0.6) is 0 Å². The Morgan fingerprint density at radius 2 is 2.08 bits per heavy atom. The first-order valence-corrected chi connectivity index (χ1v) is 8.67. The number of benzene rings is 1. The van der Waals surface area contributed by atoms with Crippen molar-refractivity contribution < 1.29 is 5.11 Å². The van der Waals surface area contributed by atoms with E-state index in [0.29, 0.717) is 17.7 Å². The van der Waals surface area contributed by atoms with Crippen molar-refractivity contribution in [2.75, 3.05) is 19.7 Å². The van der Waals surface area contributed by atoms with Crippen LogP contribution >= 0.6 is 0 Å². The molecule has 0 aliphatic carbocycles. The first kappa shape index (κ1) is 16.2. The van der Waals surface area contributed by atoms with E-state index < -0.39 is 0 Å². The van der Waals surface area contributed by atoms with Gasteiger partial charge in [0.2, 0.25) is 5.78 Å². The number of fused-ring (bicyclic) bond motifs is 3. The molecule has 1 unspecified atom stereocenters. The Balaban J connectivity index is 1.80. The molecule has 0 spiro atoms. The van der Waals surface area contributed by atoms with Gasteiger partial charge in [0.25, 0.3) is 5.56 Å². The van der Waals surface area contributed by atoms with Crippen molar-refractivity contribution in [2.45, 2.75) is 26.3 Å². The molecule has 4 rings (SSSR count). The summed E-state index contributed by atoms with van der Waals surface area (Å²) in [7, 11) is 1.73. The zero-order valence-electron chi connectivity index (χ0n) is 14.6. The van der Waals surface area contributed by atoms with Crippen LogP contribution in [0.4, 0.5) is 0 Å². The van der Waals surface area contributed by atoms with E-state index in [1.54, 1.807) is 11.6 Å². The molecule has 0 amide bonds. The molecular formula is C18H23N5O2. The van der Waals surface area contributed by atoms with Crippen LogP contribution in [-0.4, -0.2) is 48.9 Å². The molecule has 0 radical (unpaired) electrons. The van der Waals surface area contributed by atoms with E-state index in [1.165, 1.54) is 0 Å². The van der Waals surface area contributed by atoms with Gasteiger partial charge >= 0.3 is 0 Å². The number of aryl methyl sites for hydroxylation is 1. The number of hydrogen-bond donors (Lipinski definition) is 1. The number of para-hydroxylation sites is 1. The van der Waals surface area contributed by atoms with Crippen LogP contribution < -0.4 is 5.56 Å². The van der Waals surface area contributed by atoms with Crippen molar-refractivity contribution in [1.29, 1.82) is 0 Å². The second-order valence-corrected chi connectivity index (χ2v) is 7.42. The zero-order chi connectivity index (χ0) is 17.6. The van der Waals surface area contributed by atoms with Crippen molar-refractivity contribution in [1.82, 2.24) is 24.1 Å². The summed E-state index contributed by atoms with van der Waals surface area (Å²) in [6, 6.07) is 7.57. The lowest BCUT2D eigenvalue weighted by molar-refractivity contribution is 0.0416. The summed E-state index contributed by atoms with van der Waals surface area (Å²) >= 11 is 0. The van der Waals surface area contributed by atoms with Crippen molar-refractivity contribution in [3.8, 4) is 0 Å². The Morgan fingerprint density at radius 3 is 2.88 bits per heavy atom. The molecule has 1 aliphatic rings. The average molecular weight is 341 g/mol. The minimum Gasteiger partial charge on any atom is -0.396 e. The quantitative estimate of drug-likeness (QED) is 0.774. The molecule has 1 fully saturated rings. The van der Waals surface area contributed by atoms with Gasteiger partial charge in [-0.05, 0) is 31.5 Å². The Labute approximate surface area is 145 Å². The molecule has 2 aromatic heterocycles. The van der Waals surface area contributed by atoms with E-state index in [1.807, 2.05) is 28.7 Å². The van der Waals surface area contributed by atoms with Crippen LogP contribution in [0, 0.1) is 5.41 Å². The van der Waals surface area contributed by atoms with E-state index in [2.05, 4.69) is 22.0 Å². The minimum absolute atomic E-state index is 0.0618. The van der Waals surface area contributed by atoms with Gasteiger partial charge in [-0.2, -0.15) is 0 Å².